The van der Waals surface area contributed by atoms with Gasteiger partial charge >= 0.3 is 0 Å². The number of aryl methyl sites for hydroxylation is 3. The van der Waals surface area contributed by atoms with Gasteiger partial charge in [0.1, 0.15) is 7.05 Å². The lowest BCUT2D eigenvalue weighted by Gasteiger charge is -2.22. The van der Waals surface area contributed by atoms with Crippen molar-refractivity contribution in [1.29, 1.82) is 0 Å². The first-order chi connectivity index (χ1) is 18.4. The van der Waals surface area contributed by atoms with Crippen LogP contribution in [0, 0.1) is 19.3 Å². The fourth-order valence-electron chi connectivity index (χ4n) is 7.28. The highest BCUT2D eigenvalue weighted by Crippen LogP contribution is 2.44. The maximum absolute atomic E-state index is 2.63. The minimum Gasteiger partial charge on any atom is -0.307 e. The van der Waals surface area contributed by atoms with E-state index in [0.29, 0.717) is 0 Å². The third kappa shape index (κ3) is 3.35. The molecule has 7 rings (SSSR count). The van der Waals surface area contributed by atoms with Crippen LogP contribution < -0.4 is 9.75 Å². The van der Waals surface area contributed by atoms with Crippen molar-refractivity contribution in [3.8, 4) is 0 Å². The van der Waals surface area contributed by atoms with Crippen LogP contribution in [-0.4, -0.2) is 12.5 Å². The van der Waals surface area contributed by atoms with Crippen LogP contribution in [0.2, 0.25) is 19.6 Å². The second-order valence-electron chi connectivity index (χ2n) is 14.1. The Balaban J connectivity index is 1.82. The van der Waals surface area contributed by atoms with Crippen molar-refractivity contribution in [2.75, 3.05) is 0 Å². The van der Waals surface area contributed by atoms with Crippen molar-refractivity contribution in [1.82, 2.24) is 4.40 Å². The molecule has 0 aliphatic carbocycles. The van der Waals surface area contributed by atoms with E-state index in [1.54, 1.807) is 5.19 Å². The quantitative estimate of drug-likeness (QED) is 0.0919. The molecule has 0 N–H and O–H groups in total. The van der Waals surface area contributed by atoms with Gasteiger partial charge < -0.3 is 4.40 Å². The van der Waals surface area contributed by atoms with Gasteiger partial charge in [0.05, 0.1) is 35.4 Å². The molecule has 4 aromatic carbocycles. The number of benzene rings is 4. The molecule has 0 fully saturated rings. The van der Waals surface area contributed by atoms with Crippen LogP contribution in [-0.2, 0) is 13.5 Å². The molecule has 0 unspecified atom stereocenters. The Morgan fingerprint density at radius 1 is 0.769 bits per heavy atom. The van der Waals surface area contributed by atoms with E-state index in [2.05, 4.69) is 131 Å². The topological polar surface area (TPSA) is 8.29 Å². The molecule has 0 saturated heterocycles. The first-order valence-electron chi connectivity index (χ1n) is 14.3. The largest absolute Gasteiger partial charge is 0.307 e. The van der Waals surface area contributed by atoms with Crippen molar-refractivity contribution in [2.24, 2.45) is 12.5 Å². The highest BCUT2D eigenvalue weighted by molar-refractivity contribution is 6.91. The average molecular weight is 528 g/mol. The van der Waals surface area contributed by atoms with Crippen LogP contribution in [0.1, 0.15) is 37.5 Å². The maximum atomic E-state index is 2.63. The molecule has 2 nitrogen and oxygen atoms in total. The zero-order chi connectivity index (χ0) is 27.6. The van der Waals surface area contributed by atoms with Crippen molar-refractivity contribution >= 4 is 73.0 Å². The lowest BCUT2D eigenvalue weighted by molar-refractivity contribution is -0.643. The van der Waals surface area contributed by atoms with E-state index >= 15 is 0 Å². The molecular formula is C36H39N2Si+. The SMILES string of the molecule is Cc1c2cc(CC(C)(C)C)ccc2c(C)c2c1c1c3c(cc[n+]1C)cc([Si](C)(C)C)c1c4ccccc4n2c13. The Bertz CT molecular complexity index is 2130. The van der Waals surface area contributed by atoms with Crippen LogP contribution in [0.25, 0.3) is 59.8 Å². The normalized spacial score (nSPS) is 13.4. The smallest absolute Gasteiger partial charge is 0.224 e. The first-order valence-corrected chi connectivity index (χ1v) is 17.8. The molecule has 7 aromatic rings. The fourth-order valence-corrected chi connectivity index (χ4v) is 8.87. The Labute approximate surface area is 232 Å². The molecule has 3 aromatic heterocycles. The van der Waals surface area contributed by atoms with Crippen LogP contribution in [0.15, 0.2) is 60.8 Å². The predicted octanol–water partition coefficient (Wildman–Crippen LogP) is 8.72. The fraction of sp³-hybridized carbons (Fsp3) is 0.306. The lowest BCUT2D eigenvalue weighted by atomic mass is 9.86. The third-order valence-corrected chi connectivity index (χ3v) is 10.9. The number of hydrogen-bond donors (Lipinski definition) is 0. The first kappa shape index (κ1) is 24.6. The van der Waals surface area contributed by atoms with E-state index in [1.807, 2.05) is 0 Å². The molecule has 0 aliphatic heterocycles. The number of hydrogen-bond acceptors (Lipinski definition) is 0. The van der Waals surface area contributed by atoms with Gasteiger partial charge in [-0.15, -0.1) is 0 Å². The standard InChI is InChI=1S/C36H39N2Si/c1-21-27-18-23(20-36(3,4)5)14-15-25(27)22(2)33-30(21)34-31-24(16-17-37(34)6)19-29(39(7,8)9)32-26-12-10-11-13-28(26)38(33)35(31)32/h10-19H,20H2,1-9H3/q+1. The van der Waals surface area contributed by atoms with Crippen molar-refractivity contribution in [3.63, 3.8) is 0 Å². The zero-order valence-electron chi connectivity index (χ0n) is 24.9. The van der Waals surface area contributed by atoms with Gasteiger partial charge in [-0.3, -0.25) is 0 Å². The summed E-state index contributed by atoms with van der Waals surface area (Å²) >= 11 is 0. The molecule has 196 valence electrons. The summed E-state index contributed by atoms with van der Waals surface area (Å²) < 4.78 is 5.00. The second kappa shape index (κ2) is 7.82. The van der Waals surface area contributed by atoms with E-state index in [9.17, 15) is 0 Å². The van der Waals surface area contributed by atoms with Gasteiger partial charge in [0.25, 0.3) is 0 Å². The Kier molecular flexibility index (Phi) is 4.93. The molecule has 0 radical (unpaired) electrons. The Morgan fingerprint density at radius 2 is 1.51 bits per heavy atom. The molecule has 0 spiro atoms. The number of aromatic nitrogens is 2. The van der Waals surface area contributed by atoms with Crippen LogP contribution >= 0.6 is 0 Å². The summed E-state index contributed by atoms with van der Waals surface area (Å²) in [5, 5.41) is 11.3. The molecule has 0 saturated carbocycles. The molecule has 0 atom stereocenters. The van der Waals surface area contributed by atoms with E-state index in [4.69, 9.17) is 0 Å². The molecule has 0 amide bonds. The summed E-state index contributed by atoms with van der Waals surface area (Å²) in [5.41, 5.74) is 9.87. The summed E-state index contributed by atoms with van der Waals surface area (Å²) in [6.07, 6.45) is 3.35. The van der Waals surface area contributed by atoms with Crippen LogP contribution in [0.4, 0.5) is 0 Å². The predicted molar refractivity (Wildman–Crippen MR) is 173 cm³/mol. The minimum atomic E-state index is -1.63. The highest BCUT2D eigenvalue weighted by Gasteiger charge is 2.30. The van der Waals surface area contributed by atoms with E-state index in [1.165, 1.54) is 76.5 Å². The Hall–Kier alpha value is -3.43. The van der Waals surface area contributed by atoms with Crippen LogP contribution in [0.5, 0.6) is 0 Å². The summed E-state index contributed by atoms with van der Waals surface area (Å²) in [7, 11) is 0.594. The summed E-state index contributed by atoms with van der Waals surface area (Å²) in [6, 6.07) is 21.2. The summed E-state index contributed by atoms with van der Waals surface area (Å²) in [4.78, 5) is 0. The summed E-state index contributed by atoms with van der Waals surface area (Å²) in [6.45, 7) is 19.2. The number of nitrogens with zero attached hydrogens (tertiary/aromatic N) is 2. The van der Waals surface area contributed by atoms with E-state index < -0.39 is 8.07 Å². The minimum absolute atomic E-state index is 0.256. The van der Waals surface area contributed by atoms with Crippen LogP contribution in [0.3, 0.4) is 0 Å². The van der Waals surface area contributed by atoms with E-state index in [0.717, 1.165) is 6.42 Å². The monoisotopic (exact) mass is 527 g/mol. The third-order valence-electron chi connectivity index (χ3n) is 8.90. The summed E-state index contributed by atoms with van der Waals surface area (Å²) in [5.74, 6) is 0. The molecule has 3 heterocycles. The van der Waals surface area contributed by atoms with Gasteiger partial charge in [0.15, 0.2) is 6.20 Å². The van der Waals surface area contributed by atoms with Gasteiger partial charge in [-0.05, 0) is 69.8 Å². The van der Waals surface area contributed by atoms with Gasteiger partial charge in [-0.1, -0.05) is 82.9 Å². The Morgan fingerprint density at radius 3 is 2.23 bits per heavy atom. The van der Waals surface area contributed by atoms with Crippen molar-refractivity contribution in [3.05, 3.63) is 77.5 Å². The number of para-hydroxylation sites is 1. The van der Waals surface area contributed by atoms with Crippen molar-refractivity contribution < 1.29 is 4.57 Å². The van der Waals surface area contributed by atoms with Gasteiger partial charge in [0, 0.05) is 16.8 Å². The van der Waals surface area contributed by atoms with Gasteiger partial charge in [-0.2, -0.15) is 0 Å². The molecule has 0 aliphatic rings. The average Bonchev–Trinajstić information content (AvgIpc) is 3.20. The van der Waals surface area contributed by atoms with Gasteiger partial charge in [0.2, 0.25) is 5.52 Å². The molecule has 3 heteroatoms. The molecule has 0 bridgehead atoms. The van der Waals surface area contributed by atoms with Crippen molar-refractivity contribution in [2.45, 2.75) is 60.7 Å². The molecule has 39 heavy (non-hydrogen) atoms. The number of rotatable bonds is 2. The maximum Gasteiger partial charge on any atom is 0.224 e. The number of pyridine rings is 2. The zero-order valence-corrected chi connectivity index (χ0v) is 25.9. The molecular weight excluding hydrogens is 488 g/mol. The highest BCUT2D eigenvalue weighted by atomic mass is 28.3. The lowest BCUT2D eigenvalue weighted by Crippen LogP contribution is -2.38. The van der Waals surface area contributed by atoms with E-state index in [-0.39, 0.29) is 5.41 Å². The second-order valence-corrected chi connectivity index (χ2v) is 19.1. The number of fused-ring (bicyclic) bond motifs is 7. The van der Waals surface area contributed by atoms with Gasteiger partial charge in [-0.25, -0.2) is 4.57 Å².